The molecule has 1 aliphatic rings. The third-order valence-corrected chi connectivity index (χ3v) is 5.79. The Morgan fingerprint density at radius 2 is 2.08 bits per heavy atom. The zero-order valence-electron chi connectivity index (χ0n) is 16.2. The van der Waals surface area contributed by atoms with Gasteiger partial charge in [0.25, 0.3) is 0 Å². The topological polar surface area (TPSA) is 55.8 Å². The number of thiazole rings is 1. The summed E-state index contributed by atoms with van der Waals surface area (Å²) >= 11 is 1.81. The highest BCUT2D eigenvalue weighted by molar-refractivity contribution is 7.11. The zero-order valence-corrected chi connectivity index (χ0v) is 17.0. The Labute approximate surface area is 156 Å². The van der Waals surface area contributed by atoms with Gasteiger partial charge in [-0.1, -0.05) is 13.8 Å². The van der Waals surface area contributed by atoms with Gasteiger partial charge in [0.15, 0.2) is 5.96 Å². The van der Waals surface area contributed by atoms with Gasteiger partial charge in [-0.25, -0.2) is 4.98 Å². The zero-order chi connectivity index (χ0) is 18.1. The Kier molecular flexibility index (Phi) is 8.64. The number of aliphatic imine (C=N–C) groups is 1. The molecule has 0 spiro atoms. The van der Waals surface area contributed by atoms with Crippen LogP contribution in [0.2, 0.25) is 0 Å². The molecule has 7 heteroatoms. The van der Waals surface area contributed by atoms with Crippen molar-refractivity contribution in [2.75, 3.05) is 59.9 Å². The minimum absolute atomic E-state index is 0.605. The lowest BCUT2D eigenvalue weighted by atomic mass is 10.1. The van der Waals surface area contributed by atoms with Crippen molar-refractivity contribution in [1.82, 2.24) is 25.4 Å². The smallest absolute Gasteiger partial charge is 0.190 e. The maximum atomic E-state index is 4.46. The molecule has 0 saturated carbocycles. The summed E-state index contributed by atoms with van der Waals surface area (Å²) in [5.41, 5.74) is 0. The lowest BCUT2D eigenvalue weighted by Crippen LogP contribution is -2.47. The maximum Gasteiger partial charge on any atom is 0.190 e. The molecule has 1 unspecified atom stereocenters. The molecule has 1 aromatic rings. The number of aryl methyl sites for hydroxylation is 1. The molecule has 2 N–H and O–H groups in total. The van der Waals surface area contributed by atoms with Gasteiger partial charge in [-0.2, -0.15) is 0 Å². The summed E-state index contributed by atoms with van der Waals surface area (Å²) in [5.74, 6) is 1.49. The second-order valence-corrected chi connectivity index (χ2v) is 8.11. The first-order chi connectivity index (χ1) is 12.1. The van der Waals surface area contributed by atoms with Crippen molar-refractivity contribution < 1.29 is 0 Å². The van der Waals surface area contributed by atoms with E-state index in [1.54, 1.807) is 0 Å². The molecule has 0 amide bonds. The fourth-order valence-electron chi connectivity index (χ4n) is 2.94. The van der Waals surface area contributed by atoms with Crippen molar-refractivity contribution in [1.29, 1.82) is 0 Å². The van der Waals surface area contributed by atoms with E-state index in [1.165, 1.54) is 36.1 Å². The lowest BCUT2D eigenvalue weighted by Gasteiger charge is -2.34. The number of hydrogen-bond donors (Lipinski definition) is 2. The van der Waals surface area contributed by atoms with E-state index in [2.05, 4.69) is 51.3 Å². The summed E-state index contributed by atoms with van der Waals surface area (Å²) in [6.07, 6.45) is 4.01. The monoisotopic (exact) mass is 366 g/mol. The minimum Gasteiger partial charge on any atom is -0.356 e. The van der Waals surface area contributed by atoms with Crippen molar-refractivity contribution in [3.8, 4) is 0 Å². The van der Waals surface area contributed by atoms with Crippen molar-refractivity contribution in [3.63, 3.8) is 0 Å². The van der Waals surface area contributed by atoms with Gasteiger partial charge < -0.3 is 20.4 Å². The normalized spacial score (nSPS) is 18.3. The highest BCUT2D eigenvalue weighted by atomic mass is 32.1. The minimum atomic E-state index is 0.605. The second kappa shape index (κ2) is 10.7. The van der Waals surface area contributed by atoms with Gasteiger partial charge in [-0.15, -0.1) is 11.3 Å². The van der Waals surface area contributed by atoms with E-state index in [4.69, 9.17) is 0 Å². The van der Waals surface area contributed by atoms with Crippen LogP contribution in [0.1, 0.15) is 23.7 Å². The third-order valence-electron chi connectivity index (χ3n) is 4.59. The van der Waals surface area contributed by atoms with E-state index in [-0.39, 0.29) is 0 Å². The Balaban J connectivity index is 1.62. The molecule has 0 radical (unpaired) electrons. The molecule has 1 aromatic heterocycles. The molecule has 2 heterocycles. The lowest BCUT2D eigenvalue weighted by molar-refractivity contribution is 0.139. The van der Waals surface area contributed by atoms with E-state index in [1.807, 2.05) is 24.6 Å². The fourth-order valence-corrected chi connectivity index (χ4v) is 3.80. The highest BCUT2D eigenvalue weighted by Crippen LogP contribution is 2.13. The number of nitrogens with one attached hydrogen (secondary N) is 2. The number of aromatic nitrogens is 1. The molecule has 1 atom stereocenters. The number of piperazine rings is 1. The molecule has 1 saturated heterocycles. The van der Waals surface area contributed by atoms with E-state index in [0.29, 0.717) is 5.92 Å². The predicted octanol–water partition coefficient (Wildman–Crippen LogP) is 1.30. The van der Waals surface area contributed by atoms with E-state index in [0.717, 1.165) is 38.4 Å². The summed E-state index contributed by atoms with van der Waals surface area (Å²) in [6.45, 7) is 12.2. The van der Waals surface area contributed by atoms with Crippen LogP contribution in [0, 0.1) is 5.92 Å². The first-order valence-electron chi connectivity index (χ1n) is 9.39. The molecule has 1 fully saturated rings. The van der Waals surface area contributed by atoms with Crippen molar-refractivity contribution >= 4 is 17.3 Å². The van der Waals surface area contributed by atoms with Gasteiger partial charge in [0.05, 0.1) is 5.01 Å². The SMILES string of the molecule is CCc1cnc(CCNC(=NC)NCC(C)CN2CCN(C)CC2)s1. The number of rotatable bonds is 8. The Morgan fingerprint density at radius 1 is 1.32 bits per heavy atom. The number of nitrogens with zero attached hydrogens (tertiary/aromatic N) is 4. The van der Waals surface area contributed by atoms with Crippen LogP contribution in [0.4, 0.5) is 0 Å². The van der Waals surface area contributed by atoms with Gasteiger partial charge in [0, 0.05) is 70.4 Å². The Hall–Kier alpha value is -1.18. The quantitative estimate of drug-likeness (QED) is 0.536. The molecule has 1 aliphatic heterocycles. The summed E-state index contributed by atoms with van der Waals surface area (Å²) in [5, 5.41) is 8.05. The first-order valence-corrected chi connectivity index (χ1v) is 10.2. The maximum absolute atomic E-state index is 4.46. The predicted molar refractivity (Wildman–Crippen MR) is 108 cm³/mol. The summed E-state index contributed by atoms with van der Waals surface area (Å²) in [4.78, 5) is 15.1. The average molecular weight is 367 g/mol. The molecule has 25 heavy (non-hydrogen) atoms. The summed E-state index contributed by atoms with van der Waals surface area (Å²) in [7, 11) is 4.03. The van der Waals surface area contributed by atoms with Gasteiger partial charge in [0.2, 0.25) is 0 Å². The number of guanidine groups is 1. The molecule has 142 valence electrons. The van der Waals surface area contributed by atoms with Crippen molar-refractivity contribution in [3.05, 3.63) is 16.1 Å². The van der Waals surface area contributed by atoms with Crippen LogP contribution in [0.15, 0.2) is 11.2 Å². The van der Waals surface area contributed by atoms with Crippen LogP contribution in [-0.4, -0.2) is 80.7 Å². The van der Waals surface area contributed by atoms with Crippen LogP contribution in [0.25, 0.3) is 0 Å². The van der Waals surface area contributed by atoms with Crippen LogP contribution in [0.3, 0.4) is 0 Å². The fraction of sp³-hybridized carbons (Fsp3) is 0.778. The van der Waals surface area contributed by atoms with Crippen LogP contribution in [0.5, 0.6) is 0 Å². The van der Waals surface area contributed by atoms with Gasteiger partial charge in [0.1, 0.15) is 0 Å². The van der Waals surface area contributed by atoms with E-state index < -0.39 is 0 Å². The molecule has 0 bridgehead atoms. The molecular formula is C18H34N6S. The van der Waals surface area contributed by atoms with Crippen LogP contribution < -0.4 is 10.6 Å². The molecule has 2 rings (SSSR count). The van der Waals surface area contributed by atoms with E-state index >= 15 is 0 Å². The average Bonchev–Trinajstić information content (AvgIpc) is 3.08. The Morgan fingerprint density at radius 3 is 2.72 bits per heavy atom. The highest BCUT2D eigenvalue weighted by Gasteiger charge is 2.16. The number of hydrogen-bond acceptors (Lipinski definition) is 5. The molecule has 6 nitrogen and oxygen atoms in total. The van der Waals surface area contributed by atoms with Gasteiger partial charge >= 0.3 is 0 Å². The molecular weight excluding hydrogens is 332 g/mol. The largest absolute Gasteiger partial charge is 0.356 e. The first kappa shape index (κ1) is 20.1. The van der Waals surface area contributed by atoms with Gasteiger partial charge in [-0.05, 0) is 19.4 Å². The summed E-state index contributed by atoms with van der Waals surface area (Å²) < 4.78 is 0. The summed E-state index contributed by atoms with van der Waals surface area (Å²) in [6, 6.07) is 0. The van der Waals surface area contributed by atoms with Crippen molar-refractivity contribution in [2.24, 2.45) is 10.9 Å². The third kappa shape index (κ3) is 7.30. The standard InChI is InChI=1S/C18H34N6S/c1-5-16-13-21-17(25-16)6-7-20-18(19-3)22-12-15(2)14-24-10-8-23(4)9-11-24/h13,15H,5-12,14H2,1-4H3,(H2,19,20,22). The second-order valence-electron chi connectivity index (χ2n) is 6.91. The van der Waals surface area contributed by atoms with Crippen molar-refractivity contribution in [2.45, 2.75) is 26.7 Å². The molecule has 0 aliphatic carbocycles. The van der Waals surface area contributed by atoms with Crippen LogP contribution in [-0.2, 0) is 12.8 Å². The van der Waals surface area contributed by atoms with E-state index in [9.17, 15) is 0 Å². The Bertz CT molecular complexity index is 521. The molecule has 0 aromatic carbocycles. The van der Waals surface area contributed by atoms with Crippen LogP contribution >= 0.6 is 11.3 Å². The number of likely N-dealkylation sites (N-methyl/N-ethyl adjacent to an activating group) is 1. The van der Waals surface area contributed by atoms with Gasteiger partial charge in [-0.3, -0.25) is 4.99 Å².